The molecule has 2 aromatic heterocycles. The highest BCUT2D eigenvalue weighted by Crippen LogP contribution is 2.27. The number of aromatic nitrogens is 2. The van der Waals surface area contributed by atoms with Crippen molar-refractivity contribution in [2.24, 2.45) is 0 Å². The molecule has 0 aliphatic heterocycles. The first kappa shape index (κ1) is 18.2. The van der Waals surface area contributed by atoms with Gasteiger partial charge in [0.05, 0.1) is 24.2 Å². The van der Waals surface area contributed by atoms with Crippen molar-refractivity contribution in [2.75, 3.05) is 17.7 Å². The molecule has 1 amide bonds. The Kier molecular flexibility index (Phi) is 5.70. The van der Waals surface area contributed by atoms with Gasteiger partial charge in [0.2, 0.25) is 5.91 Å². The standard InChI is InChI=1S/C18H17ClN4O2S/c1-11-5-6-20-16(7-11)23-18-22-13(10-26-18)9-17(24)21-12-3-4-15(25-2)14(19)8-12/h3-8,10H,9H2,1-2H3,(H,21,24)(H,20,22,23). The van der Waals surface area contributed by atoms with E-state index < -0.39 is 0 Å². The van der Waals surface area contributed by atoms with Crippen molar-refractivity contribution < 1.29 is 9.53 Å². The summed E-state index contributed by atoms with van der Waals surface area (Å²) in [7, 11) is 1.54. The zero-order valence-corrected chi connectivity index (χ0v) is 15.8. The molecule has 0 fully saturated rings. The van der Waals surface area contributed by atoms with Crippen LogP contribution in [0, 0.1) is 6.92 Å². The third-order valence-corrected chi connectivity index (χ3v) is 4.58. The molecule has 2 N–H and O–H groups in total. The van der Waals surface area contributed by atoms with Crippen LogP contribution >= 0.6 is 22.9 Å². The summed E-state index contributed by atoms with van der Waals surface area (Å²) < 4.78 is 5.09. The fourth-order valence-corrected chi connectivity index (χ4v) is 3.25. The fraction of sp³-hybridized carbons (Fsp3) is 0.167. The molecule has 0 saturated heterocycles. The van der Waals surface area contributed by atoms with Crippen LogP contribution in [0.25, 0.3) is 0 Å². The van der Waals surface area contributed by atoms with Crippen molar-refractivity contribution >= 4 is 45.5 Å². The number of benzene rings is 1. The second kappa shape index (κ2) is 8.16. The molecule has 3 aromatic rings. The number of carbonyl (C=O) groups is 1. The molecule has 26 heavy (non-hydrogen) atoms. The Hall–Kier alpha value is -2.64. The molecule has 0 atom stereocenters. The predicted molar refractivity (Wildman–Crippen MR) is 105 cm³/mol. The SMILES string of the molecule is COc1ccc(NC(=O)Cc2csc(Nc3cc(C)ccn3)n2)cc1Cl. The first-order valence-corrected chi connectivity index (χ1v) is 9.07. The number of nitrogens with zero attached hydrogens (tertiary/aromatic N) is 2. The van der Waals surface area contributed by atoms with Crippen LogP contribution in [0.2, 0.25) is 5.02 Å². The van der Waals surface area contributed by atoms with Gasteiger partial charge in [-0.15, -0.1) is 11.3 Å². The monoisotopic (exact) mass is 388 g/mol. The Morgan fingerprint density at radius 1 is 1.31 bits per heavy atom. The molecule has 134 valence electrons. The van der Waals surface area contributed by atoms with Crippen molar-refractivity contribution in [1.29, 1.82) is 0 Å². The summed E-state index contributed by atoms with van der Waals surface area (Å²) in [6.07, 6.45) is 1.91. The zero-order valence-electron chi connectivity index (χ0n) is 14.2. The van der Waals surface area contributed by atoms with Crippen molar-refractivity contribution in [3.05, 3.63) is 58.2 Å². The molecular formula is C18H17ClN4O2S. The number of hydrogen-bond acceptors (Lipinski definition) is 6. The Morgan fingerprint density at radius 2 is 2.15 bits per heavy atom. The van der Waals surface area contributed by atoms with Crippen LogP contribution in [0.3, 0.4) is 0 Å². The minimum absolute atomic E-state index is 0.170. The van der Waals surface area contributed by atoms with Crippen LogP contribution in [-0.2, 0) is 11.2 Å². The summed E-state index contributed by atoms with van der Waals surface area (Å²) >= 11 is 7.49. The Labute approximate surface area is 160 Å². The molecule has 0 bridgehead atoms. The zero-order chi connectivity index (χ0) is 18.5. The predicted octanol–water partition coefficient (Wildman–Crippen LogP) is 4.43. The smallest absolute Gasteiger partial charge is 0.230 e. The van der Waals surface area contributed by atoms with E-state index in [2.05, 4.69) is 20.6 Å². The van der Waals surface area contributed by atoms with Gasteiger partial charge in [-0.25, -0.2) is 9.97 Å². The summed E-state index contributed by atoms with van der Waals surface area (Å²) in [6.45, 7) is 2.00. The number of carbonyl (C=O) groups excluding carboxylic acids is 1. The molecule has 0 saturated carbocycles. The molecular weight excluding hydrogens is 372 g/mol. The van der Waals surface area contributed by atoms with Gasteiger partial charge in [0.25, 0.3) is 0 Å². The van der Waals surface area contributed by atoms with Crippen LogP contribution in [0.5, 0.6) is 5.75 Å². The number of ether oxygens (including phenoxy) is 1. The summed E-state index contributed by atoms with van der Waals surface area (Å²) in [5, 5.41) is 8.92. The Bertz CT molecular complexity index is 929. The number of rotatable bonds is 6. The van der Waals surface area contributed by atoms with Gasteiger partial charge in [0.1, 0.15) is 11.6 Å². The maximum absolute atomic E-state index is 12.2. The van der Waals surface area contributed by atoms with Crippen molar-refractivity contribution in [3.8, 4) is 5.75 Å². The van der Waals surface area contributed by atoms with Crippen LogP contribution in [-0.4, -0.2) is 23.0 Å². The third kappa shape index (κ3) is 4.71. The number of amides is 1. The summed E-state index contributed by atoms with van der Waals surface area (Å²) in [4.78, 5) is 20.9. The van der Waals surface area contributed by atoms with Crippen LogP contribution < -0.4 is 15.4 Å². The highest BCUT2D eigenvalue weighted by Gasteiger charge is 2.10. The quantitative estimate of drug-likeness (QED) is 0.653. The van der Waals surface area contributed by atoms with Crippen molar-refractivity contribution in [3.63, 3.8) is 0 Å². The molecule has 0 unspecified atom stereocenters. The molecule has 2 heterocycles. The largest absolute Gasteiger partial charge is 0.495 e. The first-order chi connectivity index (χ1) is 12.5. The van der Waals surface area contributed by atoms with E-state index in [0.717, 1.165) is 11.4 Å². The molecule has 8 heteroatoms. The number of pyridine rings is 1. The lowest BCUT2D eigenvalue weighted by Crippen LogP contribution is -2.14. The lowest BCUT2D eigenvalue weighted by atomic mass is 10.2. The van der Waals surface area contributed by atoms with E-state index in [1.807, 2.05) is 24.4 Å². The van der Waals surface area contributed by atoms with Crippen LogP contribution in [0.4, 0.5) is 16.6 Å². The van der Waals surface area contributed by atoms with Crippen molar-refractivity contribution in [2.45, 2.75) is 13.3 Å². The Balaban J connectivity index is 1.60. The highest BCUT2D eigenvalue weighted by molar-refractivity contribution is 7.13. The second-order valence-electron chi connectivity index (χ2n) is 5.56. The van der Waals surface area contributed by atoms with Gasteiger partial charge >= 0.3 is 0 Å². The second-order valence-corrected chi connectivity index (χ2v) is 6.83. The normalized spacial score (nSPS) is 10.4. The molecule has 0 spiro atoms. The third-order valence-electron chi connectivity index (χ3n) is 3.48. The van der Waals surface area contributed by atoms with E-state index in [1.165, 1.54) is 11.3 Å². The van der Waals surface area contributed by atoms with Gasteiger partial charge in [0.15, 0.2) is 5.13 Å². The number of anilines is 3. The van der Waals surface area contributed by atoms with Crippen molar-refractivity contribution in [1.82, 2.24) is 9.97 Å². The fourth-order valence-electron chi connectivity index (χ4n) is 2.27. The maximum atomic E-state index is 12.2. The Morgan fingerprint density at radius 3 is 2.88 bits per heavy atom. The molecule has 3 rings (SSSR count). The van der Waals surface area contributed by atoms with E-state index in [9.17, 15) is 4.79 Å². The van der Waals surface area contributed by atoms with Crippen LogP contribution in [0.15, 0.2) is 41.9 Å². The van der Waals surface area contributed by atoms with E-state index in [-0.39, 0.29) is 12.3 Å². The molecule has 0 aliphatic rings. The number of nitrogens with one attached hydrogen (secondary N) is 2. The summed E-state index contributed by atoms with van der Waals surface area (Å²) in [5.41, 5.74) is 2.40. The van der Waals surface area contributed by atoms with Gasteiger partial charge in [0, 0.05) is 17.3 Å². The number of aryl methyl sites for hydroxylation is 1. The van der Waals surface area contributed by atoms with Gasteiger partial charge in [-0.1, -0.05) is 11.6 Å². The van der Waals surface area contributed by atoms with Gasteiger partial charge in [-0.2, -0.15) is 0 Å². The topological polar surface area (TPSA) is 76.1 Å². The van der Waals surface area contributed by atoms with Crippen LogP contribution in [0.1, 0.15) is 11.3 Å². The maximum Gasteiger partial charge on any atom is 0.230 e. The van der Waals surface area contributed by atoms with Gasteiger partial charge < -0.3 is 15.4 Å². The minimum Gasteiger partial charge on any atom is -0.495 e. The first-order valence-electron chi connectivity index (χ1n) is 7.81. The number of halogens is 1. The average molecular weight is 389 g/mol. The number of methoxy groups -OCH3 is 1. The van der Waals surface area contributed by atoms with E-state index in [1.54, 1.807) is 31.5 Å². The van der Waals surface area contributed by atoms with Gasteiger partial charge in [-0.3, -0.25) is 4.79 Å². The lowest BCUT2D eigenvalue weighted by Gasteiger charge is -2.07. The molecule has 0 aliphatic carbocycles. The molecule has 1 aromatic carbocycles. The summed E-state index contributed by atoms with van der Waals surface area (Å²) in [5.74, 6) is 1.12. The van der Waals surface area contributed by atoms with Gasteiger partial charge in [-0.05, 0) is 42.8 Å². The average Bonchev–Trinajstić information content (AvgIpc) is 3.01. The van der Waals surface area contributed by atoms with E-state index in [0.29, 0.717) is 27.3 Å². The van der Waals surface area contributed by atoms with E-state index >= 15 is 0 Å². The molecule has 6 nitrogen and oxygen atoms in total. The lowest BCUT2D eigenvalue weighted by molar-refractivity contribution is -0.115. The highest BCUT2D eigenvalue weighted by atomic mass is 35.5. The molecule has 0 radical (unpaired) electrons. The minimum atomic E-state index is -0.170. The number of thiazole rings is 1. The van der Waals surface area contributed by atoms with E-state index in [4.69, 9.17) is 16.3 Å². The number of hydrogen-bond donors (Lipinski definition) is 2. The summed E-state index contributed by atoms with van der Waals surface area (Å²) in [6, 6.07) is 8.95.